The third-order valence-corrected chi connectivity index (χ3v) is 8.77. The quantitative estimate of drug-likeness (QED) is 0.188. The smallest absolute Gasteiger partial charge is 0.338 e. The van der Waals surface area contributed by atoms with E-state index < -0.39 is 12.0 Å². The van der Waals surface area contributed by atoms with Crippen LogP contribution in [0.1, 0.15) is 31.0 Å². The van der Waals surface area contributed by atoms with Crippen molar-refractivity contribution in [3.63, 3.8) is 0 Å². The van der Waals surface area contributed by atoms with Crippen LogP contribution in [0.3, 0.4) is 0 Å². The van der Waals surface area contributed by atoms with Gasteiger partial charge in [0.2, 0.25) is 0 Å². The van der Waals surface area contributed by atoms with Gasteiger partial charge in [0.05, 0.1) is 39.8 Å². The Hall–Kier alpha value is -4.47. The van der Waals surface area contributed by atoms with Crippen LogP contribution in [0.2, 0.25) is 0 Å². The second kappa shape index (κ2) is 11.8. The van der Waals surface area contributed by atoms with E-state index in [1.165, 1.54) is 11.3 Å². The van der Waals surface area contributed by atoms with Crippen molar-refractivity contribution in [2.24, 2.45) is 4.99 Å². The van der Waals surface area contributed by atoms with Gasteiger partial charge in [0.25, 0.3) is 5.56 Å². The number of allylic oxidation sites excluding steroid dienone is 1. The molecule has 9 heteroatoms. The Kier molecular flexibility index (Phi) is 7.78. The molecule has 210 valence electrons. The minimum absolute atomic E-state index is 0.224. The number of thioether (sulfide) groups is 1. The first-order valence-electron chi connectivity index (χ1n) is 13.5. The van der Waals surface area contributed by atoms with Gasteiger partial charge in [-0.3, -0.25) is 9.36 Å². The van der Waals surface area contributed by atoms with Crippen molar-refractivity contribution in [2.45, 2.75) is 24.8 Å². The molecular weight excluding hydrogens is 565 g/mol. The van der Waals surface area contributed by atoms with Crippen LogP contribution in [-0.4, -0.2) is 33.2 Å². The molecule has 0 N–H and O–H groups in total. The molecule has 0 radical (unpaired) electrons. The highest BCUT2D eigenvalue weighted by Gasteiger charge is 2.33. The average molecular weight is 593 g/mol. The summed E-state index contributed by atoms with van der Waals surface area (Å²) in [7, 11) is 0. The third-order valence-electron chi connectivity index (χ3n) is 7.05. The number of carbonyl (C=O) groups is 1. The molecule has 2 aromatic heterocycles. The highest BCUT2D eigenvalue weighted by molar-refractivity contribution is 7.98. The Morgan fingerprint density at radius 2 is 1.71 bits per heavy atom. The summed E-state index contributed by atoms with van der Waals surface area (Å²) in [6.45, 7) is 3.79. The Balaban J connectivity index is 1.55. The van der Waals surface area contributed by atoms with Gasteiger partial charge < -0.3 is 4.74 Å². The van der Waals surface area contributed by atoms with Crippen molar-refractivity contribution in [2.75, 3.05) is 12.9 Å². The number of ether oxygens (including phenoxy) is 1. The van der Waals surface area contributed by atoms with E-state index in [1.54, 1.807) is 30.2 Å². The summed E-state index contributed by atoms with van der Waals surface area (Å²) in [5.41, 5.74) is 4.93. The van der Waals surface area contributed by atoms with Crippen LogP contribution in [0.4, 0.5) is 0 Å². The number of fused-ring (bicyclic) bond motifs is 1. The number of carbonyl (C=O) groups excluding carboxylic acids is 1. The lowest BCUT2D eigenvalue weighted by Crippen LogP contribution is -2.39. The van der Waals surface area contributed by atoms with Crippen LogP contribution < -0.4 is 14.9 Å². The number of esters is 1. The maximum absolute atomic E-state index is 14.2. The summed E-state index contributed by atoms with van der Waals surface area (Å²) >= 11 is 2.94. The molecule has 0 saturated heterocycles. The van der Waals surface area contributed by atoms with Gasteiger partial charge in [-0.15, -0.1) is 11.8 Å². The maximum Gasteiger partial charge on any atom is 0.338 e. The molecule has 0 bridgehead atoms. The molecule has 1 atom stereocenters. The number of para-hydroxylation sites is 1. The van der Waals surface area contributed by atoms with Crippen molar-refractivity contribution in [1.29, 1.82) is 0 Å². The highest BCUT2D eigenvalue weighted by Crippen LogP contribution is 2.32. The van der Waals surface area contributed by atoms with Gasteiger partial charge in [0.1, 0.15) is 0 Å². The van der Waals surface area contributed by atoms with Crippen molar-refractivity contribution in [1.82, 2.24) is 14.3 Å². The number of hydrogen-bond donors (Lipinski definition) is 0. The first-order chi connectivity index (χ1) is 20.5. The molecule has 0 unspecified atom stereocenters. The van der Waals surface area contributed by atoms with E-state index in [-0.39, 0.29) is 12.2 Å². The standard InChI is InChI=1S/C33H28N4O3S2/c1-4-40-32(39)28-21(2)34-33-37(30(28)23-15-17-26(41-3)18-16-23)31(38)27(42-33)19-24-20-36(25-13-9-6-10-14-25)35-29(24)22-11-7-5-8-12-22/h5-20,30H,4H2,1-3H3/b27-19-/t30-/m0/s1. The first kappa shape index (κ1) is 27.7. The lowest BCUT2D eigenvalue weighted by molar-refractivity contribution is -0.139. The fourth-order valence-corrected chi connectivity index (χ4v) is 6.51. The molecule has 0 spiro atoms. The molecule has 3 aromatic carbocycles. The monoisotopic (exact) mass is 592 g/mol. The minimum Gasteiger partial charge on any atom is -0.463 e. The predicted molar refractivity (Wildman–Crippen MR) is 168 cm³/mol. The maximum atomic E-state index is 14.2. The molecular formula is C33H28N4O3S2. The second-order valence-corrected chi connectivity index (χ2v) is 11.5. The molecule has 1 aliphatic rings. The van der Waals surface area contributed by atoms with Gasteiger partial charge in [-0.2, -0.15) is 5.10 Å². The zero-order chi connectivity index (χ0) is 29.2. The normalized spacial score (nSPS) is 14.9. The lowest BCUT2D eigenvalue weighted by atomic mass is 9.96. The Morgan fingerprint density at radius 3 is 2.38 bits per heavy atom. The summed E-state index contributed by atoms with van der Waals surface area (Å²) in [6.07, 6.45) is 5.81. The van der Waals surface area contributed by atoms with Gasteiger partial charge in [-0.05, 0) is 56.0 Å². The molecule has 5 aromatic rings. The summed E-state index contributed by atoms with van der Waals surface area (Å²) in [5, 5.41) is 4.89. The molecule has 42 heavy (non-hydrogen) atoms. The summed E-state index contributed by atoms with van der Waals surface area (Å²) in [5.74, 6) is -0.470. The second-order valence-electron chi connectivity index (χ2n) is 9.65. The van der Waals surface area contributed by atoms with E-state index in [9.17, 15) is 9.59 Å². The van der Waals surface area contributed by atoms with E-state index >= 15 is 0 Å². The summed E-state index contributed by atoms with van der Waals surface area (Å²) < 4.78 is 9.37. The molecule has 0 amide bonds. The molecule has 1 aliphatic heterocycles. The number of aromatic nitrogens is 3. The van der Waals surface area contributed by atoms with E-state index in [4.69, 9.17) is 14.8 Å². The molecule has 0 saturated carbocycles. The number of thiazole rings is 1. The fourth-order valence-electron chi connectivity index (χ4n) is 5.06. The molecule has 3 heterocycles. The van der Waals surface area contributed by atoms with Gasteiger partial charge in [-0.25, -0.2) is 14.5 Å². The van der Waals surface area contributed by atoms with Crippen LogP contribution in [0, 0.1) is 0 Å². The zero-order valence-corrected chi connectivity index (χ0v) is 25.0. The Morgan fingerprint density at radius 1 is 1.02 bits per heavy atom. The summed E-state index contributed by atoms with van der Waals surface area (Å²) in [4.78, 5) is 33.7. The number of hydrogen-bond acceptors (Lipinski definition) is 7. The topological polar surface area (TPSA) is 78.5 Å². The minimum atomic E-state index is -0.654. The van der Waals surface area contributed by atoms with Gasteiger partial charge in [-0.1, -0.05) is 72.0 Å². The van der Waals surface area contributed by atoms with E-state index in [0.717, 1.165) is 33.0 Å². The van der Waals surface area contributed by atoms with Crippen LogP contribution >= 0.6 is 23.1 Å². The van der Waals surface area contributed by atoms with E-state index in [0.29, 0.717) is 20.6 Å². The molecule has 0 aliphatic carbocycles. The SMILES string of the molecule is CCOC(=O)C1=C(C)N=c2s/c(=C\c3cn(-c4ccccc4)nc3-c3ccccc3)c(=O)n2[C@H]1c1ccc(SC)cc1. The number of nitrogens with zero attached hydrogens (tertiary/aromatic N) is 4. The Labute approximate surface area is 251 Å². The van der Waals surface area contributed by atoms with Crippen molar-refractivity contribution in [3.05, 3.63) is 133 Å². The van der Waals surface area contributed by atoms with Gasteiger partial charge >= 0.3 is 5.97 Å². The van der Waals surface area contributed by atoms with Crippen molar-refractivity contribution >= 4 is 35.1 Å². The van der Waals surface area contributed by atoms with E-state index in [1.807, 2.05) is 108 Å². The van der Waals surface area contributed by atoms with Crippen LogP contribution in [-0.2, 0) is 9.53 Å². The van der Waals surface area contributed by atoms with Crippen molar-refractivity contribution in [3.8, 4) is 16.9 Å². The van der Waals surface area contributed by atoms with Crippen LogP contribution in [0.15, 0.2) is 117 Å². The fraction of sp³-hybridized carbons (Fsp3) is 0.152. The van der Waals surface area contributed by atoms with E-state index in [2.05, 4.69) is 0 Å². The predicted octanol–water partition coefficient (Wildman–Crippen LogP) is 5.37. The zero-order valence-electron chi connectivity index (χ0n) is 23.4. The largest absolute Gasteiger partial charge is 0.463 e. The van der Waals surface area contributed by atoms with Gasteiger partial charge in [0, 0.05) is 22.2 Å². The Bertz CT molecular complexity index is 1970. The molecule has 7 nitrogen and oxygen atoms in total. The highest BCUT2D eigenvalue weighted by atomic mass is 32.2. The molecule has 6 rings (SSSR count). The summed E-state index contributed by atoms with van der Waals surface area (Å²) in [6, 6.07) is 27.0. The van der Waals surface area contributed by atoms with Crippen LogP contribution in [0.5, 0.6) is 0 Å². The average Bonchev–Trinajstić information content (AvgIpc) is 3.58. The van der Waals surface area contributed by atoms with Crippen molar-refractivity contribution < 1.29 is 9.53 Å². The number of rotatable bonds is 7. The first-order valence-corrected chi connectivity index (χ1v) is 15.6. The third kappa shape index (κ3) is 5.17. The number of benzene rings is 3. The molecule has 0 fully saturated rings. The lowest BCUT2D eigenvalue weighted by Gasteiger charge is -2.24. The van der Waals surface area contributed by atoms with Gasteiger partial charge in [0.15, 0.2) is 4.80 Å². The van der Waals surface area contributed by atoms with Crippen LogP contribution in [0.25, 0.3) is 23.0 Å².